The number of hydrogen-bond acceptors (Lipinski definition) is 3. The highest BCUT2D eigenvalue weighted by atomic mass is 16.4. The van der Waals surface area contributed by atoms with E-state index in [4.69, 9.17) is 9.52 Å². The Kier molecular flexibility index (Phi) is 3.96. The van der Waals surface area contributed by atoms with Crippen molar-refractivity contribution in [3.8, 4) is 0 Å². The van der Waals surface area contributed by atoms with Crippen LogP contribution >= 0.6 is 0 Å². The van der Waals surface area contributed by atoms with Gasteiger partial charge in [0.2, 0.25) is 5.76 Å². The average molecular weight is 239 g/mol. The predicted molar refractivity (Wildman–Crippen MR) is 65.2 cm³/mol. The molecule has 1 heterocycles. The molecule has 4 heteroatoms. The van der Waals surface area contributed by atoms with Gasteiger partial charge < -0.3 is 9.52 Å². The van der Waals surface area contributed by atoms with Gasteiger partial charge in [-0.2, -0.15) is 0 Å². The minimum absolute atomic E-state index is 0.00190. The van der Waals surface area contributed by atoms with E-state index in [0.29, 0.717) is 30.3 Å². The molecular weight excluding hydrogens is 218 g/mol. The summed E-state index contributed by atoms with van der Waals surface area (Å²) in [6, 6.07) is 0. The van der Waals surface area contributed by atoms with Crippen molar-refractivity contribution in [3.05, 3.63) is 17.3 Å². The summed E-state index contributed by atoms with van der Waals surface area (Å²) in [6.45, 7) is 10.3. The molecule has 0 aliphatic carbocycles. The molecule has 4 nitrogen and oxygen atoms in total. The number of carboxylic acids is 1. The number of nitrogens with zero attached hydrogens (tertiary/aromatic N) is 1. The summed E-state index contributed by atoms with van der Waals surface area (Å²) in [5, 5.41) is 9.06. The maximum atomic E-state index is 11.0. The van der Waals surface area contributed by atoms with E-state index in [2.05, 4.69) is 25.8 Å². The molecule has 0 aromatic carbocycles. The van der Waals surface area contributed by atoms with E-state index in [0.717, 1.165) is 0 Å². The average Bonchev–Trinajstić information content (AvgIpc) is 2.43. The maximum Gasteiger partial charge on any atom is 0.373 e. The number of carbonyl (C=O) groups is 1. The summed E-state index contributed by atoms with van der Waals surface area (Å²) >= 11 is 0. The van der Waals surface area contributed by atoms with E-state index in [9.17, 15) is 4.79 Å². The highest BCUT2D eigenvalue weighted by molar-refractivity contribution is 5.85. The fraction of sp³-hybridized carbons (Fsp3) is 0.692. The van der Waals surface area contributed by atoms with Crippen molar-refractivity contribution < 1.29 is 14.3 Å². The number of aromatic nitrogens is 1. The van der Waals surface area contributed by atoms with Crippen LogP contribution in [0.4, 0.5) is 0 Å². The number of rotatable bonds is 4. The Balaban J connectivity index is 3.00. The molecule has 17 heavy (non-hydrogen) atoms. The first-order valence-electron chi connectivity index (χ1n) is 5.91. The van der Waals surface area contributed by atoms with Crippen LogP contribution in [-0.4, -0.2) is 16.1 Å². The Morgan fingerprint density at radius 3 is 2.41 bits per heavy atom. The number of oxazole rings is 1. The number of carboxylic acid groups (broad SMARTS) is 1. The molecular formula is C13H21NO3. The van der Waals surface area contributed by atoms with Crippen molar-refractivity contribution >= 4 is 5.97 Å². The minimum Gasteiger partial charge on any atom is -0.475 e. The van der Waals surface area contributed by atoms with Crippen LogP contribution in [0.3, 0.4) is 0 Å². The van der Waals surface area contributed by atoms with Crippen molar-refractivity contribution in [3.63, 3.8) is 0 Å². The second-order valence-electron chi connectivity index (χ2n) is 6.02. The van der Waals surface area contributed by atoms with Crippen molar-refractivity contribution in [2.45, 2.75) is 47.5 Å². The maximum absolute atomic E-state index is 11.0. The third-order valence-corrected chi connectivity index (χ3v) is 2.22. The largest absolute Gasteiger partial charge is 0.475 e. The molecule has 0 saturated heterocycles. The van der Waals surface area contributed by atoms with E-state index in [1.807, 2.05) is 13.8 Å². The topological polar surface area (TPSA) is 63.3 Å². The van der Waals surface area contributed by atoms with Gasteiger partial charge in [0.15, 0.2) is 5.89 Å². The van der Waals surface area contributed by atoms with Crippen LogP contribution in [0.1, 0.15) is 56.8 Å². The van der Waals surface area contributed by atoms with Gasteiger partial charge in [-0.15, -0.1) is 0 Å². The molecule has 0 aliphatic heterocycles. The molecule has 0 amide bonds. The monoisotopic (exact) mass is 239 g/mol. The summed E-state index contributed by atoms with van der Waals surface area (Å²) in [4.78, 5) is 15.4. The zero-order valence-electron chi connectivity index (χ0n) is 11.2. The van der Waals surface area contributed by atoms with Crippen LogP contribution in [0.25, 0.3) is 0 Å². The first-order valence-corrected chi connectivity index (χ1v) is 5.91. The summed E-state index contributed by atoms with van der Waals surface area (Å²) in [6.07, 6.45) is 1.28. The zero-order chi connectivity index (χ0) is 13.2. The van der Waals surface area contributed by atoms with Crippen molar-refractivity contribution in [1.29, 1.82) is 0 Å². The Bertz CT molecular complexity index is 399. The van der Waals surface area contributed by atoms with E-state index in [-0.39, 0.29) is 11.2 Å². The third kappa shape index (κ3) is 4.21. The Hall–Kier alpha value is -1.32. The third-order valence-electron chi connectivity index (χ3n) is 2.22. The highest BCUT2D eigenvalue weighted by Gasteiger charge is 2.23. The molecule has 1 aromatic heterocycles. The van der Waals surface area contributed by atoms with Gasteiger partial charge in [-0.05, 0) is 17.8 Å². The predicted octanol–water partition coefficient (Wildman–Crippen LogP) is 3.16. The molecule has 1 rings (SSSR count). The second-order valence-corrected chi connectivity index (χ2v) is 6.02. The molecule has 96 valence electrons. The molecule has 0 fully saturated rings. The van der Waals surface area contributed by atoms with Crippen molar-refractivity contribution in [1.82, 2.24) is 4.98 Å². The van der Waals surface area contributed by atoms with E-state index >= 15 is 0 Å². The molecule has 0 spiro atoms. The molecule has 0 bridgehead atoms. The molecule has 1 N–H and O–H groups in total. The lowest BCUT2D eigenvalue weighted by molar-refractivity contribution is 0.0657. The standard InChI is InChI=1S/C13H21NO3/c1-8(2)6-9-11(12(15)16)17-10(14-9)7-13(3,4)5/h8H,6-7H2,1-5H3,(H,15,16). The highest BCUT2D eigenvalue weighted by Crippen LogP contribution is 2.23. The smallest absolute Gasteiger partial charge is 0.373 e. The van der Waals surface area contributed by atoms with Crippen LogP contribution in [0.15, 0.2) is 4.42 Å². The zero-order valence-corrected chi connectivity index (χ0v) is 11.2. The summed E-state index contributed by atoms with van der Waals surface area (Å²) in [7, 11) is 0. The van der Waals surface area contributed by atoms with Crippen LogP contribution in [0, 0.1) is 11.3 Å². The molecule has 0 atom stereocenters. The van der Waals surface area contributed by atoms with Crippen LogP contribution in [0.5, 0.6) is 0 Å². The fourth-order valence-corrected chi connectivity index (χ4v) is 1.62. The van der Waals surface area contributed by atoms with Crippen LogP contribution < -0.4 is 0 Å². The van der Waals surface area contributed by atoms with Crippen molar-refractivity contribution in [2.75, 3.05) is 0 Å². The molecule has 0 unspecified atom stereocenters. The lowest BCUT2D eigenvalue weighted by Crippen LogP contribution is -2.09. The minimum atomic E-state index is -1.03. The van der Waals surface area contributed by atoms with Crippen LogP contribution in [0.2, 0.25) is 0 Å². The van der Waals surface area contributed by atoms with Gasteiger partial charge >= 0.3 is 5.97 Å². The van der Waals surface area contributed by atoms with Gasteiger partial charge in [-0.1, -0.05) is 34.6 Å². The lowest BCUT2D eigenvalue weighted by atomic mass is 9.92. The van der Waals surface area contributed by atoms with E-state index < -0.39 is 5.97 Å². The van der Waals surface area contributed by atoms with Crippen LogP contribution in [-0.2, 0) is 12.8 Å². The summed E-state index contributed by atoms with van der Waals surface area (Å²) < 4.78 is 5.34. The first-order chi connectivity index (χ1) is 7.69. The number of aromatic carboxylic acids is 1. The fourth-order valence-electron chi connectivity index (χ4n) is 1.62. The van der Waals surface area contributed by atoms with E-state index in [1.165, 1.54) is 0 Å². The van der Waals surface area contributed by atoms with Gasteiger partial charge in [-0.3, -0.25) is 0 Å². The summed E-state index contributed by atoms with van der Waals surface area (Å²) in [5.41, 5.74) is 0.599. The number of hydrogen-bond donors (Lipinski definition) is 1. The molecule has 1 aromatic rings. The first kappa shape index (κ1) is 13.7. The Morgan fingerprint density at radius 2 is 2.00 bits per heavy atom. The molecule has 0 saturated carbocycles. The normalized spacial score (nSPS) is 12.1. The second kappa shape index (κ2) is 4.90. The van der Waals surface area contributed by atoms with Gasteiger partial charge in [0, 0.05) is 6.42 Å². The lowest BCUT2D eigenvalue weighted by Gasteiger charge is -2.14. The van der Waals surface area contributed by atoms with E-state index in [1.54, 1.807) is 0 Å². The quantitative estimate of drug-likeness (QED) is 0.876. The van der Waals surface area contributed by atoms with Crippen molar-refractivity contribution in [2.24, 2.45) is 11.3 Å². The Morgan fingerprint density at radius 1 is 1.41 bits per heavy atom. The van der Waals surface area contributed by atoms with Gasteiger partial charge in [-0.25, -0.2) is 9.78 Å². The molecule has 0 radical (unpaired) electrons. The molecule has 0 aliphatic rings. The summed E-state index contributed by atoms with van der Waals surface area (Å²) in [5.74, 6) is -0.155. The SMILES string of the molecule is CC(C)Cc1nc(CC(C)(C)C)oc1C(=O)O. The Labute approximate surface area is 102 Å². The van der Waals surface area contributed by atoms with Gasteiger partial charge in [0.05, 0.1) is 5.69 Å². The van der Waals surface area contributed by atoms with Gasteiger partial charge in [0.25, 0.3) is 0 Å². The van der Waals surface area contributed by atoms with Gasteiger partial charge in [0.1, 0.15) is 0 Å².